The van der Waals surface area contributed by atoms with E-state index in [1.165, 1.54) is 24.8 Å². The van der Waals surface area contributed by atoms with E-state index < -0.39 is 0 Å². The molecular formula is C16H24O2. The Labute approximate surface area is 110 Å². The number of hydrogen-bond donors (Lipinski definition) is 0. The SMILES string of the molecule is CCCCCc1cccc(OCCCCC=O)c1. The molecule has 0 spiro atoms. The standard InChI is InChI=1S/C16H24O2/c1-2-3-5-9-15-10-8-11-16(14-15)18-13-7-4-6-12-17/h8,10-12,14H,2-7,9,13H2,1H3. The van der Waals surface area contributed by atoms with Crippen LogP contribution < -0.4 is 4.74 Å². The molecule has 0 heterocycles. The predicted molar refractivity (Wildman–Crippen MR) is 75.1 cm³/mol. The number of carbonyl (C=O) groups excluding carboxylic acids is 1. The van der Waals surface area contributed by atoms with Crippen molar-refractivity contribution in [2.75, 3.05) is 6.61 Å². The third-order valence-electron chi connectivity index (χ3n) is 2.95. The van der Waals surface area contributed by atoms with E-state index in [9.17, 15) is 4.79 Å². The van der Waals surface area contributed by atoms with Crippen LogP contribution in [0.2, 0.25) is 0 Å². The maximum Gasteiger partial charge on any atom is 0.119 e. The Kier molecular flexibility index (Phi) is 7.94. The van der Waals surface area contributed by atoms with Gasteiger partial charge in [-0.05, 0) is 43.4 Å². The summed E-state index contributed by atoms with van der Waals surface area (Å²) in [6.45, 7) is 2.92. The quantitative estimate of drug-likeness (QED) is 0.459. The fourth-order valence-electron chi connectivity index (χ4n) is 1.89. The average Bonchev–Trinajstić information content (AvgIpc) is 2.39. The van der Waals surface area contributed by atoms with Gasteiger partial charge in [0.25, 0.3) is 0 Å². The molecule has 2 heteroatoms. The molecule has 0 fully saturated rings. The van der Waals surface area contributed by atoms with Crippen LogP contribution in [0.1, 0.15) is 51.0 Å². The molecule has 0 atom stereocenters. The molecule has 0 N–H and O–H groups in total. The zero-order valence-electron chi connectivity index (χ0n) is 11.4. The molecule has 0 bridgehead atoms. The number of carbonyl (C=O) groups is 1. The van der Waals surface area contributed by atoms with Gasteiger partial charge in [-0.25, -0.2) is 0 Å². The summed E-state index contributed by atoms with van der Waals surface area (Å²) in [6.07, 6.45) is 8.40. The Bertz CT molecular complexity index is 334. The van der Waals surface area contributed by atoms with Crippen LogP contribution >= 0.6 is 0 Å². The number of aldehydes is 1. The maximum atomic E-state index is 10.2. The van der Waals surface area contributed by atoms with Crippen LogP contribution in [0.3, 0.4) is 0 Å². The summed E-state index contributed by atoms with van der Waals surface area (Å²) in [5, 5.41) is 0. The molecule has 0 aliphatic rings. The summed E-state index contributed by atoms with van der Waals surface area (Å²) in [7, 11) is 0. The third-order valence-corrected chi connectivity index (χ3v) is 2.95. The third kappa shape index (κ3) is 6.43. The summed E-state index contributed by atoms with van der Waals surface area (Å²) >= 11 is 0. The van der Waals surface area contributed by atoms with Gasteiger partial charge in [0, 0.05) is 6.42 Å². The lowest BCUT2D eigenvalue weighted by Crippen LogP contribution is -1.98. The van der Waals surface area contributed by atoms with E-state index in [1.54, 1.807) is 0 Å². The first kappa shape index (κ1) is 14.7. The lowest BCUT2D eigenvalue weighted by atomic mass is 10.1. The zero-order valence-corrected chi connectivity index (χ0v) is 11.4. The van der Waals surface area contributed by atoms with Gasteiger partial charge in [-0.3, -0.25) is 0 Å². The maximum absolute atomic E-state index is 10.2. The first-order valence-corrected chi connectivity index (χ1v) is 7.02. The highest BCUT2D eigenvalue weighted by atomic mass is 16.5. The van der Waals surface area contributed by atoms with Crippen LogP contribution in [0, 0.1) is 0 Å². The van der Waals surface area contributed by atoms with Crippen molar-refractivity contribution >= 4 is 6.29 Å². The van der Waals surface area contributed by atoms with Gasteiger partial charge in [-0.1, -0.05) is 31.9 Å². The van der Waals surface area contributed by atoms with Gasteiger partial charge in [0.15, 0.2) is 0 Å². The minimum atomic E-state index is 0.639. The number of benzene rings is 1. The molecule has 1 rings (SSSR count). The van der Waals surface area contributed by atoms with E-state index >= 15 is 0 Å². The molecule has 0 saturated heterocycles. The molecule has 1 aromatic carbocycles. The molecule has 18 heavy (non-hydrogen) atoms. The second kappa shape index (κ2) is 9.69. The normalized spacial score (nSPS) is 10.3. The summed E-state index contributed by atoms with van der Waals surface area (Å²) in [4.78, 5) is 10.2. The fourth-order valence-corrected chi connectivity index (χ4v) is 1.89. The topological polar surface area (TPSA) is 26.3 Å². The van der Waals surface area contributed by atoms with Crippen molar-refractivity contribution in [2.45, 2.75) is 51.9 Å². The van der Waals surface area contributed by atoms with Crippen LogP contribution in [0.5, 0.6) is 5.75 Å². The summed E-state index contributed by atoms with van der Waals surface area (Å²) in [5.74, 6) is 0.954. The highest BCUT2D eigenvalue weighted by molar-refractivity contribution is 5.48. The number of unbranched alkanes of at least 4 members (excludes halogenated alkanes) is 4. The number of rotatable bonds is 10. The molecule has 0 aliphatic heterocycles. The van der Waals surface area contributed by atoms with Crippen molar-refractivity contribution in [2.24, 2.45) is 0 Å². The van der Waals surface area contributed by atoms with Crippen molar-refractivity contribution in [1.82, 2.24) is 0 Å². The number of ether oxygens (including phenoxy) is 1. The van der Waals surface area contributed by atoms with E-state index in [0.29, 0.717) is 13.0 Å². The van der Waals surface area contributed by atoms with Gasteiger partial charge in [-0.2, -0.15) is 0 Å². The average molecular weight is 248 g/mol. The molecule has 0 aromatic heterocycles. The monoisotopic (exact) mass is 248 g/mol. The zero-order chi connectivity index (χ0) is 13.1. The fraction of sp³-hybridized carbons (Fsp3) is 0.562. The lowest BCUT2D eigenvalue weighted by Gasteiger charge is -2.07. The smallest absolute Gasteiger partial charge is 0.119 e. The summed E-state index contributed by atoms with van der Waals surface area (Å²) < 4.78 is 5.68. The van der Waals surface area contributed by atoms with E-state index in [1.807, 2.05) is 6.07 Å². The molecular weight excluding hydrogens is 224 g/mol. The second-order valence-electron chi connectivity index (χ2n) is 4.62. The second-order valence-corrected chi connectivity index (χ2v) is 4.62. The number of aryl methyl sites for hydroxylation is 1. The molecule has 0 radical (unpaired) electrons. The van der Waals surface area contributed by atoms with Crippen molar-refractivity contribution in [3.8, 4) is 5.75 Å². The molecule has 2 nitrogen and oxygen atoms in total. The Balaban J connectivity index is 2.27. The molecule has 0 amide bonds. The van der Waals surface area contributed by atoms with Gasteiger partial charge in [-0.15, -0.1) is 0 Å². The molecule has 1 aromatic rings. The van der Waals surface area contributed by atoms with E-state index in [2.05, 4.69) is 25.1 Å². The van der Waals surface area contributed by atoms with E-state index in [0.717, 1.165) is 31.3 Å². The largest absolute Gasteiger partial charge is 0.494 e. The highest BCUT2D eigenvalue weighted by Crippen LogP contribution is 2.16. The van der Waals surface area contributed by atoms with E-state index in [4.69, 9.17) is 4.74 Å². The lowest BCUT2D eigenvalue weighted by molar-refractivity contribution is -0.107. The number of hydrogen-bond acceptors (Lipinski definition) is 2. The Morgan fingerprint density at radius 3 is 2.83 bits per heavy atom. The highest BCUT2D eigenvalue weighted by Gasteiger charge is 1.97. The van der Waals surface area contributed by atoms with Crippen LogP contribution in [0.4, 0.5) is 0 Å². The molecule has 100 valence electrons. The van der Waals surface area contributed by atoms with Crippen LogP contribution in [0.25, 0.3) is 0 Å². The van der Waals surface area contributed by atoms with Crippen LogP contribution in [-0.2, 0) is 11.2 Å². The van der Waals surface area contributed by atoms with Crippen LogP contribution in [0.15, 0.2) is 24.3 Å². The summed E-state index contributed by atoms with van der Waals surface area (Å²) in [5.41, 5.74) is 1.36. The van der Waals surface area contributed by atoms with Crippen molar-refractivity contribution in [3.05, 3.63) is 29.8 Å². The minimum Gasteiger partial charge on any atom is -0.494 e. The van der Waals surface area contributed by atoms with Gasteiger partial charge >= 0.3 is 0 Å². The van der Waals surface area contributed by atoms with Crippen molar-refractivity contribution in [1.29, 1.82) is 0 Å². The van der Waals surface area contributed by atoms with Crippen molar-refractivity contribution in [3.63, 3.8) is 0 Å². The van der Waals surface area contributed by atoms with Gasteiger partial charge < -0.3 is 9.53 Å². The molecule has 0 unspecified atom stereocenters. The summed E-state index contributed by atoms with van der Waals surface area (Å²) in [6, 6.07) is 8.36. The van der Waals surface area contributed by atoms with E-state index in [-0.39, 0.29) is 0 Å². The first-order valence-electron chi connectivity index (χ1n) is 7.02. The Morgan fingerprint density at radius 2 is 2.06 bits per heavy atom. The first-order chi connectivity index (χ1) is 8.86. The van der Waals surface area contributed by atoms with Gasteiger partial charge in [0.1, 0.15) is 12.0 Å². The Hall–Kier alpha value is -1.31. The molecule has 0 aliphatic carbocycles. The Morgan fingerprint density at radius 1 is 1.17 bits per heavy atom. The predicted octanol–water partition coefficient (Wildman–Crippen LogP) is 4.17. The minimum absolute atomic E-state index is 0.639. The van der Waals surface area contributed by atoms with Gasteiger partial charge in [0.2, 0.25) is 0 Å². The van der Waals surface area contributed by atoms with Crippen molar-refractivity contribution < 1.29 is 9.53 Å². The van der Waals surface area contributed by atoms with Gasteiger partial charge in [0.05, 0.1) is 6.61 Å². The van der Waals surface area contributed by atoms with Crippen LogP contribution in [-0.4, -0.2) is 12.9 Å². The molecule has 0 saturated carbocycles.